The fourth-order valence-corrected chi connectivity index (χ4v) is 3.68. The maximum absolute atomic E-state index is 12.8. The maximum Gasteiger partial charge on any atom is 0.264 e. The van der Waals surface area contributed by atoms with Crippen LogP contribution in [0.15, 0.2) is 47.4 Å². The molecule has 21 heavy (non-hydrogen) atoms. The fourth-order valence-electron chi connectivity index (χ4n) is 2.22. The van der Waals surface area contributed by atoms with E-state index in [-0.39, 0.29) is 11.5 Å². The van der Waals surface area contributed by atoms with Gasteiger partial charge < -0.3 is 5.11 Å². The molecule has 112 valence electrons. The van der Waals surface area contributed by atoms with Crippen LogP contribution in [0, 0.1) is 13.8 Å². The number of sulfonamides is 1. The molecule has 0 aliphatic heterocycles. The molecule has 5 heteroatoms. The van der Waals surface area contributed by atoms with Gasteiger partial charge in [-0.2, -0.15) is 0 Å². The summed E-state index contributed by atoms with van der Waals surface area (Å²) in [5.74, 6) is 0. The Morgan fingerprint density at radius 3 is 2.38 bits per heavy atom. The highest BCUT2D eigenvalue weighted by atomic mass is 32.2. The number of nitrogens with zero attached hydrogens (tertiary/aromatic N) is 1. The monoisotopic (exact) mass is 305 g/mol. The zero-order valence-corrected chi connectivity index (χ0v) is 13.2. The molecule has 0 heterocycles. The van der Waals surface area contributed by atoms with Crippen LogP contribution >= 0.6 is 0 Å². The third kappa shape index (κ3) is 2.94. The van der Waals surface area contributed by atoms with Gasteiger partial charge in [-0.15, -0.1) is 0 Å². The van der Waals surface area contributed by atoms with E-state index in [2.05, 4.69) is 0 Å². The number of aryl methyl sites for hydroxylation is 1. The van der Waals surface area contributed by atoms with Gasteiger partial charge in [-0.1, -0.05) is 24.3 Å². The minimum absolute atomic E-state index is 0.177. The second-order valence-corrected chi connectivity index (χ2v) is 6.95. The Morgan fingerprint density at radius 2 is 1.76 bits per heavy atom. The summed E-state index contributed by atoms with van der Waals surface area (Å²) < 4.78 is 26.8. The van der Waals surface area contributed by atoms with E-state index in [4.69, 9.17) is 0 Å². The summed E-state index contributed by atoms with van der Waals surface area (Å²) in [4.78, 5) is 0.220. The first-order valence-electron chi connectivity index (χ1n) is 6.63. The van der Waals surface area contributed by atoms with Gasteiger partial charge in [0.05, 0.1) is 17.2 Å². The Bertz CT molecular complexity index is 754. The fraction of sp³-hybridized carbons (Fsp3) is 0.250. The largest absolute Gasteiger partial charge is 0.392 e. The molecular weight excluding hydrogens is 286 g/mol. The topological polar surface area (TPSA) is 57.6 Å². The van der Waals surface area contributed by atoms with Crippen LogP contribution in [0.25, 0.3) is 0 Å². The summed E-state index contributed by atoms with van der Waals surface area (Å²) in [5, 5.41) is 9.29. The van der Waals surface area contributed by atoms with E-state index >= 15 is 0 Å². The smallest absolute Gasteiger partial charge is 0.264 e. The standard InChI is InChI=1S/C16H19NO3S/c1-12-6-4-8-15(10-12)17(3)21(19,20)16-9-5-7-14(11-18)13(16)2/h4-10,18H,11H2,1-3H3. The van der Waals surface area contributed by atoms with Crippen LogP contribution in [-0.4, -0.2) is 20.6 Å². The highest BCUT2D eigenvalue weighted by Gasteiger charge is 2.24. The van der Waals surface area contributed by atoms with E-state index in [0.717, 1.165) is 5.56 Å². The van der Waals surface area contributed by atoms with Crippen molar-refractivity contribution in [3.63, 3.8) is 0 Å². The lowest BCUT2D eigenvalue weighted by Gasteiger charge is -2.21. The van der Waals surface area contributed by atoms with E-state index in [1.54, 1.807) is 31.2 Å². The van der Waals surface area contributed by atoms with Crippen molar-refractivity contribution in [2.45, 2.75) is 25.3 Å². The Hall–Kier alpha value is -1.85. The van der Waals surface area contributed by atoms with Crippen molar-refractivity contribution in [1.82, 2.24) is 0 Å². The van der Waals surface area contributed by atoms with Crippen LogP contribution in [0.5, 0.6) is 0 Å². The van der Waals surface area contributed by atoms with Crippen LogP contribution in [0.4, 0.5) is 5.69 Å². The zero-order valence-electron chi connectivity index (χ0n) is 12.4. The van der Waals surface area contributed by atoms with Crippen LogP contribution in [-0.2, 0) is 16.6 Å². The minimum atomic E-state index is -3.65. The van der Waals surface area contributed by atoms with E-state index in [1.165, 1.54) is 11.4 Å². The number of aliphatic hydroxyl groups excluding tert-OH is 1. The SMILES string of the molecule is Cc1cccc(N(C)S(=O)(=O)c2cccc(CO)c2C)c1. The van der Waals surface area contributed by atoms with Crippen molar-refractivity contribution in [3.05, 3.63) is 59.2 Å². The van der Waals surface area contributed by atoms with Crippen molar-refractivity contribution in [1.29, 1.82) is 0 Å². The molecule has 0 saturated carbocycles. The Morgan fingerprint density at radius 1 is 1.10 bits per heavy atom. The first-order valence-corrected chi connectivity index (χ1v) is 8.07. The molecule has 4 nitrogen and oxygen atoms in total. The molecule has 0 bridgehead atoms. The second-order valence-electron chi connectivity index (χ2n) is 5.01. The summed E-state index contributed by atoms with van der Waals surface area (Å²) in [7, 11) is -2.11. The summed E-state index contributed by atoms with van der Waals surface area (Å²) in [6.45, 7) is 3.45. The molecule has 2 aromatic carbocycles. The molecule has 2 rings (SSSR count). The van der Waals surface area contributed by atoms with Gasteiger partial charge in [0.1, 0.15) is 0 Å². The quantitative estimate of drug-likeness (QED) is 0.944. The number of benzene rings is 2. The molecule has 0 radical (unpaired) electrons. The van der Waals surface area contributed by atoms with Gasteiger partial charge in [0.15, 0.2) is 0 Å². The molecule has 0 amide bonds. The van der Waals surface area contributed by atoms with Crippen molar-refractivity contribution in [2.24, 2.45) is 0 Å². The van der Waals surface area contributed by atoms with E-state index in [0.29, 0.717) is 16.8 Å². The molecule has 2 aromatic rings. The van der Waals surface area contributed by atoms with Crippen molar-refractivity contribution in [3.8, 4) is 0 Å². The Balaban J connectivity index is 2.52. The van der Waals surface area contributed by atoms with Gasteiger partial charge >= 0.3 is 0 Å². The van der Waals surface area contributed by atoms with Crippen molar-refractivity contribution >= 4 is 15.7 Å². The minimum Gasteiger partial charge on any atom is -0.392 e. The highest BCUT2D eigenvalue weighted by molar-refractivity contribution is 7.92. The maximum atomic E-state index is 12.8. The summed E-state index contributed by atoms with van der Waals surface area (Å²) in [6.07, 6.45) is 0. The number of aliphatic hydroxyl groups is 1. The Kier molecular flexibility index (Phi) is 4.34. The van der Waals surface area contributed by atoms with E-state index < -0.39 is 10.0 Å². The molecule has 0 aliphatic rings. The lowest BCUT2D eigenvalue weighted by molar-refractivity contribution is 0.280. The van der Waals surface area contributed by atoms with Gasteiger partial charge in [-0.25, -0.2) is 8.42 Å². The van der Waals surface area contributed by atoms with Crippen LogP contribution in [0.2, 0.25) is 0 Å². The molecule has 0 aromatic heterocycles. The predicted molar refractivity (Wildman–Crippen MR) is 83.9 cm³/mol. The third-order valence-electron chi connectivity index (χ3n) is 3.57. The molecule has 0 atom stereocenters. The number of hydrogen-bond acceptors (Lipinski definition) is 3. The van der Waals surface area contributed by atoms with Crippen molar-refractivity contribution < 1.29 is 13.5 Å². The molecule has 0 saturated heterocycles. The van der Waals surface area contributed by atoms with Gasteiger partial charge in [0.2, 0.25) is 0 Å². The summed E-state index contributed by atoms with van der Waals surface area (Å²) in [5.41, 5.74) is 2.81. The predicted octanol–water partition coefficient (Wildman–Crippen LogP) is 2.62. The summed E-state index contributed by atoms with van der Waals surface area (Å²) in [6, 6.07) is 12.3. The third-order valence-corrected chi connectivity index (χ3v) is 5.50. The molecule has 1 N–H and O–H groups in total. The van der Waals surface area contributed by atoms with Crippen LogP contribution in [0.3, 0.4) is 0 Å². The Labute approximate surface area is 125 Å². The van der Waals surface area contributed by atoms with Gasteiger partial charge in [-0.05, 0) is 48.7 Å². The molecular formula is C16H19NO3S. The second kappa shape index (κ2) is 5.87. The van der Waals surface area contributed by atoms with Gasteiger partial charge in [0, 0.05) is 7.05 Å². The molecule has 0 fully saturated rings. The van der Waals surface area contributed by atoms with Gasteiger partial charge in [-0.3, -0.25) is 4.31 Å². The first kappa shape index (κ1) is 15.5. The normalized spacial score (nSPS) is 11.4. The zero-order chi connectivity index (χ0) is 15.6. The lowest BCUT2D eigenvalue weighted by atomic mass is 10.1. The number of hydrogen-bond donors (Lipinski definition) is 1. The molecule has 0 aliphatic carbocycles. The van der Waals surface area contributed by atoms with Gasteiger partial charge in [0.25, 0.3) is 10.0 Å². The van der Waals surface area contributed by atoms with E-state index in [1.807, 2.05) is 25.1 Å². The van der Waals surface area contributed by atoms with E-state index in [9.17, 15) is 13.5 Å². The van der Waals surface area contributed by atoms with Crippen molar-refractivity contribution in [2.75, 3.05) is 11.4 Å². The lowest BCUT2D eigenvalue weighted by Crippen LogP contribution is -2.27. The number of anilines is 1. The highest BCUT2D eigenvalue weighted by Crippen LogP contribution is 2.26. The first-order chi connectivity index (χ1) is 9.87. The van der Waals surface area contributed by atoms with Crippen LogP contribution < -0.4 is 4.31 Å². The average molecular weight is 305 g/mol. The van der Waals surface area contributed by atoms with Crippen LogP contribution in [0.1, 0.15) is 16.7 Å². The molecule has 0 spiro atoms. The molecule has 0 unspecified atom stereocenters. The summed E-state index contributed by atoms with van der Waals surface area (Å²) >= 11 is 0. The number of rotatable bonds is 4. The average Bonchev–Trinajstić information content (AvgIpc) is 2.46.